The molecule has 1 fully saturated rings. The normalized spacial score (nSPS) is 26.8. The third-order valence-corrected chi connectivity index (χ3v) is 4.42. The number of hydrogen-bond acceptors (Lipinski definition) is 3. The first-order valence-corrected chi connectivity index (χ1v) is 7.37. The summed E-state index contributed by atoms with van der Waals surface area (Å²) in [6.45, 7) is 8.37. The molecule has 1 aromatic carbocycles. The molecule has 1 saturated heterocycles. The number of carbonyl (C=O) groups excluding carboxylic acids is 1. The smallest absolute Gasteiger partial charge is 0.330 e. The van der Waals surface area contributed by atoms with Crippen molar-refractivity contribution < 1.29 is 9.53 Å². The first-order chi connectivity index (χ1) is 9.48. The molecule has 20 heavy (non-hydrogen) atoms. The number of hydrogen-bond donors (Lipinski definition) is 0. The van der Waals surface area contributed by atoms with E-state index in [0.717, 1.165) is 18.7 Å². The van der Waals surface area contributed by atoms with Crippen molar-refractivity contribution in [2.45, 2.75) is 32.7 Å². The van der Waals surface area contributed by atoms with Gasteiger partial charge in [-0.05, 0) is 30.7 Å². The number of piperidine rings is 1. The Morgan fingerprint density at radius 2 is 1.75 bits per heavy atom. The van der Waals surface area contributed by atoms with Crippen LogP contribution in [0.4, 0.5) is 0 Å². The quantitative estimate of drug-likeness (QED) is 0.794. The third-order valence-electron chi connectivity index (χ3n) is 4.42. The molecule has 0 spiro atoms. The molecule has 0 bridgehead atoms. The Hall–Kier alpha value is -1.35. The molecule has 0 aromatic heterocycles. The number of benzene rings is 1. The SMILES string of the molecule is COC(=O)[C@](C)(c1ccccc1)N1C[C@H](C)C[C@@H](C)C1. The third kappa shape index (κ3) is 2.73. The average Bonchev–Trinajstić information content (AvgIpc) is 2.45. The molecular formula is C17H25NO2. The first-order valence-electron chi connectivity index (χ1n) is 7.37. The highest BCUT2D eigenvalue weighted by Gasteiger charge is 2.44. The lowest BCUT2D eigenvalue weighted by Crippen LogP contribution is -2.55. The highest BCUT2D eigenvalue weighted by Crippen LogP contribution is 2.35. The molecule has 110 valence electrons. The molecule has 3 atom stereocenters. The van der Waals surface area contributed by atoms with Crippen molar-refractivity contribution in [2.75, 3.05) is 20.2 Å². The van der Waals surface area contributed by atoms with E-state index in [9.17, 15) is 4.79 Å². The summed E-state index contributed by atoms with van der Waals surface area (Å²) < 4.78 is 5.11. The molecule has 2 rings (SSSR count). The van der Waals surface area contributed by atoms with Gasteiger partial charge in [0.2, 0.25) is 0 Å². The second-order valence-electron chi connectivity index (χ2n) is 6.28. The second-order valence-corrected chi connectivity index (χ2v) is 6.28. The molecule has 1 aromatic rings. The van der Waals surface area contributed by atoms with Crippen LogP contribution < -0.4 is 0 Å². The van der Waals surface area contributed by atoms with E-state index in [1.807, 2.05) is 37.3 Å². The number of carbonyl (C=O) groups is 1. The maximum absolute atomic E-state index is 12.5. The van der Waals surface area contributed by atoms with Crippen LogP contribution in [0.2, 0.25) is 0 Å². The molecule has 3 nitrogen and oxygen atoms in total. The van der Waals surface area contributed by atoms with Crippen molar-refractivity contribution in [3.05, 3.63) is 35.9 Å². The van der Waals surface area contributed by atoms with Crippen LogP contribution in [-0.2, 0) is 15.1 Å². The lowest BCUT2D eigenvalue weighted by atomic mass is 9.83. The van der Waals surface area contributed by atoms with E-state index in [2.05, 4.69) is 18.7 Å². The number of nitrogens with zero attached hydrogens (tertiary/aromatic N) is 1. The fraction of sp³-hybridized carbons (Fsp3) is 0.588. The standard InChI is InChI=1S/C17H25NO2/c1-13-10-14(2)12-18(11-13)17(3,16(19)20-4)15-8-6-5-7-9-15/h5-9,13-14H,10-12H2,1-4H3/t13-,14-,17+/m1/s1. The molecular weight excluding hydrogens is 250 g/mol. The highest BCUT2D eigenvalue weighted by molar-refractivity contribution is 5.82. The average molecular weight is 275 g/mol. The largest absolute Gasteiger partial charge is 0.467 e. The molecule has 0 saturated carbocycles. The number of likely N-dealkylation sites (tertiary alicyclic amines) is 1. The molecule has 0 amide bonds. The molecule has 0 radical (unpaired) electrons. The van der Waals surface area contributed by atoms with Gasteiger partial charge in [0.15, 0.2) is 0 Å². The van der Waals surface area contributed by atoms with Crippen LogP contribution in [0.1, 0.15) is 32.8 Å². The minimum Gasteiger partial charge on any atom is -0.467 e. The van der Waals surface area contributed by atoms with Crippen LogP contribution in [0, 0.1) is 11.8 Å². The van der Waals surface area contributed by atoms with Gasteiger partial charge in [-0.15, -0.1) is 0 Å². The molecule has 1 aliphatic heterocycles. The first kappa shape index (κ1) is 15.0. The molecule has 0 N–H and O–H groups in total. The van der Waals surface area contributed by atoms with Crippen molar-refractivity contribution >= 4 is 5.97 Å². The van der Waals surface area contributed by atoms with E-state index >= 15 is 0 Å². The Labute approximate surface area is 121 Å². The van der Waals surface area contributed by atoms with Gasteiger partial charge in [0.05, 0.1) is 7.11 Å². The van der Waals surface area contributed by atoms with E-state index < -0.39 is 5.54 Å². The zero-order chi connectivity index (χ0) is 14.8. The number of esters is 1. The van der Waals surface area contributed by atoms with Crippen LogP contribution >= 0.6 is 0 Å². The van der Waals surface area contributed by atoms with Crippen LogP contribution in [0.25, 0.3) is 0 Å². The Morgan fingerprint density at radius 1 is 1.20 bits per heavy atom. The zero-order valence-corrected chi connectivity index (χ0v) is 12.9. The molecule has 0 aliphatic carbocycles. The Bertz CT molecular complexity index is 449. The van der Waals surface area contributed by atoms with Crippen molar-refractivity contribution in [3.63, 3.8) is 0 Å². The van der Waals surface area contributed by atoms with E-state index in [1.54, 1.807) is 0 Å². The van der Waals surface area contributed by atoms with Gasteiger partial charge in [0.25, 0.3) is 0 Å². The number of ether oxygens (including phenoxy) is 1. The fourth-order valence-corrected chi connectivity index (χ4v) is 3.42. The number of methoxy groups -OCH3 is 1. The van der Waals surface area contributed by atoms with Gasteiger partial charge in [-0.1, -0.05) is 44.2 Å². The molecule has 3 heteroatoms. The summed E-state index contributed by atoms with van der Waals surface area (Å²) in [5.41, 5.74) is 0.312. The maximum Gasteiger partial charge on any atom is 0.330 e. The minimum atomic E-state index is -0.695. The minimum absolute atomic E-state index is 0.176. The Morgan fingerprint density at radius 3 is 2.25 bits per heavy atom. The second kappa shape index (κ2) is 5.96. The zero-order valence-electron chi connectivity index (χ0n) is 12.9. The molecule has 1 aliphatic rings. The molecule has 0 unspecified atom stereocenters. The van der Waals surface area contributed by atoms with E-state index in [0.29, 0.717) is 11.8 Å². The lowest BCUT2D eigenvalue weighted by molar-refractivity contribution is -0.157. The van der Waals surface area contributed by atoms with Gasteiger partial charge in [0.1, 0.15) is 5.54 Å². The van der Waals surface area contributed by atoms with Gasteiger partial charge >= 0.3 is 5.97 Å². The van der Waals surface area contributed by atoms with Gasteiger partial charge < -0.3 is 4.74 Å². The highest BCUT2D eigenvalue weighted by atomic mass is 16.5. The summed E-state index contributed by atoms with van der Waals surface area (Å²) in [5, 5.41) is 0. The van der Waals surface area contributed by atoms with Gasteiger partial charge in [0, 0.05) is 13.1 Å². The van der Waals surface area contributed by atoms with Crippen molar-refractivity contribution in [3.8, 4) is 0 Å². The van der Waals surface area contributed by atoms with Crippen molar-refractivity contribution in [1.82, 2.24) is 4.90 Å². The van der Waals surface area contributed by atoms with E-state index in [1.165, 1.54) is 13.5 Å². The van der Waals surface area contributed by atoms with Crippen LogP contribution in [-0.4, -0.2) is 31.1 Å². The summed E-state index contributed by atoms with van der Waals surface area (Å²) in [5.74, 6) is 1.03. The van der Waals surface area contributed by atoms with Crippen LogP contribution in [0.3, 0.4) is 0 Å². The van der Waals surface area contributed by atoms with Crippen LogP contribution in [0.15, 0.2) is 30.3 Å². The molecule has 1 heterocycles. The van der Waals surface area contributed by atoms with E-state index in [4.69, 9.17) is 4.74 Å². The predicted molar refractivity (Wildman–Crippen MR) is 80.3 cm³/mol. The summed E-state index contributed by atoms with van der Waals surface area (Å²) in [6, 6.07) is 9.96. The Kier molecular flexibility index (Phi) is 4.48. The van der Waals surface area contributed by atoms with Gasteiger partial charge in [-0.25, -0.2) is 4.79 Å². The lowest BCUT2D eigenvalue weighted by Gasteiger charge is -2.45. The summed E-state index contributed by atoms with van der Waals surface area (Å²) in [7, 11) is 1.47. The Balaban J connectivity index is 2.39. The van der Waals surface area contributed by atoms with Crippen molar-refractivity contribution in [1.29, 1.82) is 0 Å². The fourth-order valence-electron chi connectivity index (χ4n) is 3.42. The number of rotatable bonds is 3. The van der Waals surface area contributed by atoms with Gasteiger partial charge in [-0.3, -0.25) is 4.90 Å². The predicted octanol–water partition coefficient (Wildman–Crippen LogP) is 3.05. The maximum atomic E-state index is 12.5. The van der Waals surface area contributed by atoms with Crippen molar-refractivity contribution in [2.24, 2.45) is 11.8 Å². The van der Waals surface area contributed by atoms with Crippen LogP contribution in [0.5, 0.6) is 0 Å². The van der Waals surface area contributed by atoms with E-state index in [-0.39, 0.29) is 5.97 Å². The summed E-state index contributed by atoms with van der Waals surface area (Å²) in [4.78, 5) is 14.8. The van der Waals surface area contributed by atoms with Gasteiger partial charge in [-0.2, -0.15) is 0 Å². The topological polar surface area (TPSA) is 29.5 Å². The summed E-state index contributed by atoms with van der Waals surface area (Å²) in [6.07, 6.45) is 1.22. The monoisotopic (exact) mass is 275 g/mol. The summed E-state index contributed by atoms with van der Waals surface area (Å²) >= 11 is 0.